The van der Waals surface area contributed by atoms with Crippen LogP contribution in [0, 0.1) is 5.41 Å². The fraction of sp³-hybridized carbons (Fsp3) is 0.538. The molecule has 2 atom stereocenters. The van der Waals surface area contributed by atoms with E-state index in [9.17, 15) is 0 Å². The first-order chi connectivity index (χ1) is 6.39. The van der Waals surface area contributed by atoms with Gasteiger partial charge in [0.05, 0.1) is 0 Å². The molecule has 76 valence electrons. The Hall–Kier alpha value is -0.820. The Morgan fingerprint density at radius 1 is 1.14 bits per heavy atom. The van der Waals surface area contributed by atoms with E-state index in [1.165, 1.54) is 11.1 Å². The summed E-state index contributed by atoms with van der Waals surface area (Å²) >= 11 is 0. The molecular weight excluding hydrogens is 170 g/mol. The van der Waals surface area contributed by atoms with Gasteiger partial charge in [0.1, 0.15) is 0 Å². The summed E-state index contributed by atoms with van der Waals surface area (Å²) in [6, 6.07) is 8.56. The lowest BCUT2D eigenvalue weighted by Gasteiger charge is -2.38. The molecule has 0 bridgehead atoms. The SMILES string of the molecule is C[C@@H]1c2ccccc2[C@@](C)(N)C1(C)C. The molecule has 1 aromatic carbocycles. The van der Waals surface area contributed by atoms with Crippen molar-refractivity contribution < 1.29 is 0 Å². The molecule has 0 radical (unpaired) electrons. The summed E-state index contributed by atoms with van der Waals surface area (Å²) in [5, 5.41) is 0. The van der Waals surface area contributed by atoms with E-state index in [1.807, 2.05) is 0 Å². The number of hydrogen-bond acceptors (Lipinski definition) is 1. The number of rotatable bonds is 0. The molecule has 0 saturated carbocycles. The Morgan fingerprint density at radius 3 is 2.29 bits per heavy atom. The van der Waals surface area contributed by atoms with E-state index in [4.69, 9.17) is 5.73 Å². The molecule has 0 aliphatic heterocycles. The molecule has 2 N–H and O–H groups in total. The Morgan fingerprint density at radius 2 is 1.71 bits per heavy atom. The second-order valence-electron chi connectivity index (χ2n) is 5.23. The van der Waals surface area contributed by atoms with Crippen molar-refractivity contribution in [3.63, 3.8) is 0 Å². The average Bonchev–Trinajstić information content (AvgIpc) is 2.27. The van der Waals surface area contributed by atoms with Gasteiger partial charge < -0.3 is 5.73 Å². The Bertz CT molecular complexity index is 363. The molecule has 1 nitrogen and oxygen atoms in total. The molecule has 1 aliphatic carbocycles. The number of fused-ring (bicyclic) bond motifs is 1. The summed E-state index contributed by atoms with van der Waals surface area (Å²) in [6.45, 7) is 8.95. The highest BCUT2D eigenvalue weighted by Crippen LogP contribution is 2.55. The van der Waals surface area contributed by atoms with Crippen LogP contribution >= 0.6 is 0 Å². The first-order valence-corrected chi connectivity index (χ1v) is 5.27. The molecule has 1 aromatic rings. The molecule has 14 heavy (non-hydrogen) atoms. The van der Waals surface area contributed by atoms with E-state index < -0.39 is 0 Å². The lowest BCUT2D eigenvalue weighted by molar-refractivity contribution is 0.178. The van der Waals surface area contributed by atoms with Gasteiger partial charge in [0.2, 0.25) is 0 Å². The van der Waals surface area contributed by atoms with Gasteiger partial charge in [0, 0.05) is 5.54 Å². The third-order valence-electron chi connectivity index (χ3n) is 4.41. The van der Waals surface area contributed by atoms with Crippen LogP contribution in [0.1, 0.15) is 44.7 Å². The highest BCUT2D eigenvalue weighted by molar-refractivity contribution is 5.44. The van der Waals surface area contributed by atoms with Gasteiger partial charge in [-0.15, -0.1) is 0 Å². The van der Waals surface area contributed by atoms with Gasteiger partial charge in [-0.2, -0.15) is 0 Å². The van der Waals surface area contributed by atoms with Crippen molar-refractivity contribution in [2.45, 2.75) is 39.2 Å². The van der Waals surface area contributed by atoms with E-state index in [-0.39, 0.29) is 11.0 Å². The number of nitrogens with two attached hydrogens (primary N) is 1. The average molecular weight is 189 g/mol. The summed E-state index contributed by atoms with van der Waals surface area (Å²) in [4.78, 5) is 0. The largest absolute Gasteiger partial charge is 0.321 e. The molecular formula is C13H19N. The normalized spacial score (nSPS) is 34.2. The quantitative estimate of drug-likeness (QED) is 0.667. The molecule has 0 aromatic heterocycles. The predicted octanol–water partition coefficient (Wildman–Crippen LogP) is 3.00. The van der Waals surface area contributed by atoms with Crippen LogP contribution in [0.3, 0.4) is 0 Å². The first kappa shape index (κ1) is 9.72. The summed E-state index contributed by atoms with van der Waals surface area (Å²) in [5.74, 6) is 0.536. The minimum Gasteiger partial charge on any atom is -0.321 e. The van der Waals surface area contributed by atoms with Crippen LogP contribution in [0.25, 0.3) is 0 Å². The molecule has 0 fully saturated rings. The third-order valence-corrected chi connectivity index (χ3v) is 4.41. The number of hydrogen-bond donors (Lipinski definition) is 1. The van der Waals surface area contributed by atoms with Gasteiger partial charge in [0.15, 0.2) is 0 Å². The second-order valence-corrected chi connectivity index (χ2v) is 5.23. The maximum atomic E-state index is 6.46. The molecule has 0 unspecified atom stereocenters. The molecule has 1 heteroatoms. The zero-order chi connectivity index (χ0) is 10.6. The highest BCUT2D eigenvalue weighted by atomic mass is 14.8. The lowest BCUT2D eigenvalue weighted by atomic mass is 9.70. The smallest absolute Gasteiger partial charge is 0.0441 e. The zero-order valence-electron chi connectivity index (χ0n) is 9.46. The van der Waals surface area contributed by atoms with E-state index in [0.29, 0.717) is 5.92 Å². The van der Waals surface area contributed by atoms with E-state index in [1.54, 1.807) is 0 Å². The van der Waals surface area contributed by atoms with Gasteiger partial charge >= 0.3 is 0 Å². The maximum Gasteiger partial charge on any atom is 0.0441 e. The molecule has 0 heterocycles. The van der Waals surface area contributed by atoms with Gasteiger partial charge in [-0.1, -0.05) is 45.0 Å². The van der Waals surface area contributed by atoms with Crippen molar-refractivity contribution in [2.75, 3.05) is 0 Å². The van der Waals surface area contributed by atoms with E-state index in [0.717, 1.165) is 0 Å². The molecule has 1 aliphatic rings. The van der Waals surface area contributed by atoms with Crippen LogP contribution in [0.2, 0.25) is 0 Å². The van der Waals surface area contributed by atoms with Crippen molar-refractivity contribution >= 4 is 0 Å². The first-order valence-electron chi connectivity index (χ1n) is 5.27. The third kappa shape index (κ3) is 0.936. The molecule has 0 amide bonds. The van der Waals surface area contributed by atoms with Crippen LogP contribution in [0.5, 0.6) is 0 Å². The molecule has 0 spiro atoms. The maximum absolute atomic E-state index is 6.46. The number of benzene rings is 1. The summed E-state index contributed by atoms with van der Waals surface area (Å²) in [6.07, 6.45) is 0. The van der Waals surface area contributed by atoms with Crippen molar-refractivity contribution in [3.05, 3.63) is 35.4 Å². The van der Waals surface area contributed by atoms with Gasteiger partial charge in [0.25, 0.3) is 0 Å². The summed E-state index contributed by atoms with van der Waals surface area (Å²) in [5.41, 5.74) is 9.12. The van der Waals surface area contributed by atoms with Crippen molar-refractivity contribution in [3.8, 4) is 0 Å². The van der Waals surface area contributed by atoms with Crippen LogP contribution in [0.4, 0.5) is 0 Å². The topological polar surface area (TPSA) is 26.0 Å². The van der Waals surface area contributed by atoms with E-state index in [2.05, 4.69) is 52.0 Å². The van der Waals surface area contributed by atoms with E-state index >= 15 is 0 Å². The minimum absolute atomic E-state index is 0.136. The summed E-state index contributed by atoms with van der Waals surface area (Å²) < 4.78 is 0. The van der Waals surface area contributed by atoms with Crippen LogP contribution in [-0.4, -0.2) is 0 Å². The van der Waals surface area contributed by atoms with Gasteiger partial charge in [-0.3, -0.25) is 0 Å². The predicted molar refractivity (Wildman–Crippen MR) is 60.2 cm³/mol. The summed E-state index contributed by atoms with van der Waals surface area (Å²) in [7, 11) is 0. The standard InChI is InChI=1S/C13H19N/c1-9-10-7-5-6-8-11(10)13(4,14)12(9,2)3/h5-9H,14H2,1-4H3/t9-,13-/m1/s1. The molecule has 2 rings (SSSR count). The highest BCUT2D eigenvalue weighted by Gasteiger charge is 2.50. The monoisotopic (exact) mass is 189 g/mol. The van der Waals surface area contributed by atoms with Crippen LogP contribution < -0.4 is 5.73 Å². The lowest BCUT2D eigenvalue weighted by Crippen LogP contribution is -2.44. The Kier molecular flexibility index (Phi) is 1.81. The van der Waals surface area contributed by atoms with Crippen LogP contribution in [0.15, 0.2) is 24.3 Å². The second kappa shape index (κ2) is 2.60. The van der Waals surface area contributed by atoms with Gasteiger partial charge in [-0.05, 0) is 29.4 Å². The minimum atomic E-state index is -0.205. The molecule has 0 saturated heterocycles. The zero-order valence-corrected chi connectivity index (χ0v) is 9.46. The van der Waals surface area contributed by atoms with Crippen molar-refractivity contribution in [1.29, 1.82) is 0 Å². The Labute approximate surface area is 86.3 Å². The van der Waals surface area contributed by atoms with Crippen LogP contribution in [-0.2, 0) is 5.54 Å². The Balaban J connectivity index is 2.68. The van der Waals surface area contributed by atoms with Gasteiger partial charge in [-0.25, -0.2) is 0 Å². The van der Waals surface area contributed by atoms with Crippen molar-refractivity contribution in [2.24, 2.45) is 11.1 Å². The van der Waals surface area contributed by atoms with Crippen molar-refractivity contribution in [1.82, 2.24) is 0 Å². The fourth-order valence-electron chi connectivity index (χ4n) is 2.53. The fourth-order valence-corrected chi connectivity index (χ4v) is 2.53.